The van der Waals surface area contributed by atoms with E-state index in [-0.39, 0.29) is 24.0 Å². The molecule has 1 atom stereocenters. The maximum absolute atomic E-state index is 5.56. The van der Waals surface area contributed by atoms with Crippen LogP contribution in [0.5, 0.6) is 11.5 Å². The van der Waals surface area contributed by atoms with E-state index in [0.29, 0.717) is 6.61 Å². The highest BCUT2D eigenvalue weighted by Gasteiger charge is 2.19. The van der Waals surface area contributed by atoms with Crippen LogP contribution in [-0.4, -0.2) is 44.7 Å². The van der Waals surface area contributed by atoms with Gasteiger partial charge in [-0.25, -0.2) is 0 Å². The van der Waals surface area contributed by atoms with Crippen molar-refractivity contribution in [2.45, 2.75) is 33.2 Å². The van der Waals surface area contributed by atoms with Gasteiger partial charge in [0.15, 0.2) is 17.5 Å². The highest BCUT2D eigenvalue weighted by atomic mass is 127. The van der Waals surface area contributed by atoms with Crippen molar-refractivity contribution in [3.8, 4) is 11.5 Å². The van der Waals surface area contributed by atoms with Crippen LogP contribution in [0.3, 0.4) is 0 Å². The fourth-order valence-electron chi connectivity index (χ4n) is 2.99. The highest BCUT2D eigenvalue weighted by Crippen LogP contribution is 2.28. The third kappa shape index (κ3) is 5.72. The van der Waals surface area contributed by atoms with Crippen molar-refractivity contribution in [1.82, 2.24) is 10.2 Å². The van der Waals surface area contributed by atoms with Crippen molar-refractivity contribution in [1.29, 1.82) is 0 Å². The second kappa shape index (κ2) is 10.6. The van der Waals surface area contributed by atoms with Gasteiger partial charge in [0.2, 0.25) is 0 Å². The Morgan fingerprint density at radius 1 is 1.38 bits per heavy atom. The largest absolute Gasteiger partial charge is 0.493 e. The predicted octanol–water partition coefficient (Wildman–Crippen LogP) is 3.52. The van der Waals surface area contributed by atoms with Crippen molar-refractivity contribution >= 4 is 29.9 Å². The summed E-state index contributed by atoms with van der Waals surface area (Å²) >= 11 is 0. The molecule has 1 N–H and O–H groups in total. The van der Waals surface area contributed by atoms with Gasteiger partial charge in [0.25, 0.3) is 0 Å². The summed E-state index contributed by atoms with van der Waals surface area (Å²) in [5.74, 6) is 3.26. The molecule has 2 rings (SSSR count). The number of methoxy groups -OCH3 is 1. The van der Waals surface area contributed by atoms with Gasteiger partial charge in [-0.2, -0.15) is 0 Å². The van der Waals surface area contributed by atoms with E-state index in [2.05, 4.69) is 28.2 Å². The molecular weight excluding hydrogens is 417 g/mol. The molecule has 0 spiro atoms. The van der Waals surface area contributed by atoms with Crippen LogP contribution in [-0.2, 0) is 6.54 Å². The van der Waals surface area contributed by atoms with E-state index in [1.807, 2.05) is 26.1 Å². The van der Waals surface area contributed by atoms with Crippen molar-refractivity contribution in [3.05, 3.63) is 23.8 Å². The minimum absolute atomic E-state index is 0. The second-order valence-electron chi connectivity index (χ2n) is 6.01. The standard InChI is InChI=1S/C18H29N3O2.HI/c1-5-23-16-9-8-15(11-17(16)22-4)12-20-18(19-3)21-10-6-7-14(2)13-21;/h8-9,11,14H,5-7,10,12-13H2,1-4H3,(H,19,20);1H. The van der Waals surface area contributed by atoms with E-state index in [0.717, 1.165) is 48.6 Å². The van der Waals surface area contributed by atoms with Crippen LogP contribution in [0.4, 0.5) is 0 Å². The van der Waals surface area contributed by atoms with Gasteiger partial charge in [0.1, 0.15) is 0 Å². The highest BCUT2D eigenvalue weighted by molar-refractivity contribution is 14.0. The molecule has 24 heavy (non-hydrogen) atoms. The summed E-state index contributed by atoms with van der Waals surface area (Å²) in [6, 6.07) is 6.04. The zero-order valence-corrected chi connectivity index (χ0v) is 17.5. The fraction of sp³-hybridized carbons (Fsp3) is 0.611. The molecule has 0 radical (unpaired) electrons. The van der Waals surface area contributed by atoms with Crippen LogP contribution in [0.2, 0.25) is 0 Å². The Labute approximate surface area is 162 Å². The molecule has 1 saturated heterocycles. The number of benzene rings is 1. The molecule has 136 valence electrons. The number of guanidine groups is 1. The van der Waals surface area contributed by atoms with Crippen LogP contribution in [0.25, 0.3) is 0 Å². The first-order chi connectivity index (χ1) is 11.2. The maximum atomic E-state index is 5.56. The van der Waals surface area contributed by atoms with Crippen molar-refractivity contribution in [2.24, 2.45) is 10.9 Å². The minimum atomic E-state index is 0. The van der Waals surface area contributed by atoms with Gasteiger partial charge in [0.05, 0.1) is 13.7 Å². The van der Waals surface area contributed by atoms with E-state index in [1.54, 1.807) is 7.11 Å². The van der Waals surface area contributed by atoms with E-state index >= 15 is 0 Å². The Hall–Kier alpha value is -1.18. The molecule has 6 heteroatoms. The van der Waals surface area contributed by atoms with Gasteiger partial charge in [-0.1, -0.05) is 13.0 Å². The molecule has 0 amide bonds. The SMILES string of the molecule is CCOc1ccc(CNC(=NC)N2CCCC(C)C2)cc1OC.I. The smallest absolute Gasteiger partial charge is 0.193 e. The lowest BCUT2D eigenvalue weighted by Crippen LogP contribution is -2.45. The lowest BCUT2D eigenvalue weighted by atomic mass is 10.0. The first-order valence-electron chi connectivity index (χ1n) is 8.43. The van der Waals surface area contributed by atoms with Crippen molar-refractivity contribution < 1.29 is 9.47 Å². The zero-order chi connectivity index (χ0) is 16.7. The first-order valence-corrected chi connectivity index (χ1v) is 8.43. The molecule has 1 fully saturated rings. The molecule has 0 bridgehead atoms. The molecule has 0 saturated carbocycles. The normalized spacial score (nSPS) is 17.9. The van der Waals surface area contributed by atoms with Crippen LogP contribution >= 0.6 is 24.0 Å². The number of ether oxygens (including phenoxy) is 2. The number of piperidine rings is 1. The molecular formula is C18H30IN3O2. The fourth-order valence-corrected chi connectivity index (χ4v) is 2.99. The summed E-state index contributed by atoms with van der Waals surface area (Å²) in [4.78, 5) is 6.77. The quantitative estimate of drug-likeness (QED) is 0.426. The lowest BCUT2D eigenvalue weighted by Gasteiger charge is -2.33. The molecule has 1 aromatic rings. The maximum Gasteiger partial charge on any atom is 0.193 e. The van der Waals surface area contributed by atoms with E-state index in [4.69, 9.17) is 9.47 Å². The molecule has 0 aromatic heterocycles. The number of halogens is 1. The van der Waals surface area contributed by atoms with E-state index < -0.39 is 0 Å². The van der Waals surface area contributed by atoms with Gasteiger partial charge < -0.3 is 19.7 Å². The molecule has 1 heterocycles. The summed E-state index contributed by atoms with van der Waals surface area (Å²) in [7, 11) is 3.52. The number of nitrogens with one attached hydrogen (secondary N) is 1. The van der Waals surface area contributed by atoms with Crippen molar-refractivity contribution in [3.63, 3.8) is 0 Å². The van der Waals surface area contributed by atoms with Gasteiger partial charge in [0, 0.05) is 26.7 Å². The average Bonchev–Trinajstić information content (AvgIpc) is 2.57. The Morgan fingerprint density at radius 2 is 2.17 bits per heavy atom. The molecule has 1 aliphatic rings. The van der Waals surface area contributed by atoms with Crippen LogP contribution < -0.4 is 14.8 Å². The number of hydrogen-bond acceptors (Lipinski definition) is 3. The molecule has 5 nitrogen and oxygen atoms in total. The monoisotopic (exact) mass is 447 g/mol. The number of rotatable bonds is 5. The molecule has 1 aromatic carbocycles. The van der Waals surface area contributed by atoms with Crippen LogP contribution in [0.15, 0.2) is 23.2 Å². The number of nitrogens with zero attached hydrogens (tertiary/aromatic N) is 2. The van der Waals surface area contributed by atoms with E-state index in [1.165, 1.54) is 12.8 Å². The molecule has 0 aliphatic carbocycles. The Morgan fingerprint density at radius 3 is 2.79 bits per heavy atom. The van der Waals surface area contributed by atoms with Gasteiger partial charge in [-0.05, 0) is 43.4 Å². The summed E-state index contributed by atoms with van der Waals surface area (Å²) in [5.41, 5.74) is 1.15. The summed E-state index contributed by atoms with van der Waals surface area (Å²) in [6.45, 7) is 7.78. The van der Waals surface area contributed by atoms with Crippen LogP contribution in [0, 0.1) is 5.92 Å². The Balaban J connectivity index is 0.00000288. The third-order valence-corrected chi connectivity index (χ3v) is 4.15. The number of aliphatic imine (C=N–C) groups is 1. The van der Waals surface area contributed by atoms with Gasteiger partial charge in [-0.15, -0.1) is 24.0 Å². The summed E-state index contributed by atoms with van der Waals surface area (Å²) < 4.78 is 11.0. The van der Waals surface area contributed by atoms with Crippen LogP contribution in [0.1, 0.15) is 32.3 Å². The van der Waals surface area contributed by atoms with Crippen molar-refractivity contribution in [2.75, 3.05) is 33.9 Å². The second-order valence-corrected chi connectivity index (χ2v) is 6.01. The summed E-state index contributed by atoms with van der Waals surface area (Å²) in [6.07, 6.45) is 2.54. The predicted molar refractivity (Wildman–Crippen MR) is 110 cm³/mol. The van der Waals surface area contributed by atoms with E-state index in [9.17, 15) is 0 Å². The minimum Gasteiger partial charge on any atom is -0.493 e. The topological polar surface area (TPSA) is 46.1 Å². The average molecular weight is 447 g/mol. The Bertz CT molecular complexity index is 537. The van der Waals surface area contributed by atoms with Gasteiger partial charge in [-0.3, -0.25) is 4.99 Å². The lowest BCUT2D eigenvalue weighted by molar-refractivity contribution is 0.266. The summed E-state index contributed by atoms with van der Waals surface area (Å²) in [5, 5.41) is 3.46. The Kier molecular flexibility index (Phi) is 9.25. The third-order valence-electron chi connectivity index (χ3n) is 4.15. The van der Waals surface area contributed by atoms with Gasteiger partial charge >= 0.3 is 0 Å². The molecule has 1 aliphatic heterocycles. The number of hydrogen-bond donors (Lipinski definition) is 1. The number of likely N-dealkylation sites (tertiary alicyclic amines) is 1. The zero-order valence-electron chi connectivity index (χ0n) is 15.2. The first kappa shape index (κ1) is 20.9. The molecule has 1 unspecified atom stereocenters.